The summed E-state index contributed by atoms with van der Waals surface area (Å²) in [7, 11) is 1.90. The molecule has 6 nitrogen and oxygen atoms in total. The molecule has 0 aliphatic carbocycles. The van der Waals surface area contributed by atoms with E-state index in [0.717, 1.165) is 22.0 Å². The average Bonchev–Trinajstić information content (AvgIpc) is 3.13. The first-order chi connectivity index (χ1) is 15.5. The molecule has 4 aromatic rings. The van der Waals surface area contributed by atoms with Gasteiger partial charge in [0.05, 0.1) is 5.56 Å². The van der Waals surface area contributed by atoms with Crippen molar-refractivity contribution >= 4 is 28.8 Å². The molecule has 0 atom stereocenters. The summed E-state index contributed by atoms with van der Waals surface area (Å²) in [6.07, 6.45) is 6.76. The van der Waals surface area contributed by atoms with E-state index in [2.05, 4.69) is 15.6 Å². The van der Waals surface area contributed by atoms with Crippen molar-refractivity contribution in [3.8, 4) is 0 Å². The Morgan fingerprint density at radius 1 is 1.06 bits per heavy atom. The molecule has 0 saturated carbocycles. The van der Waals surface area contributed by atoms with Gasteiger partial charge in [-0.1, -0.05) is 36.4 Å². The molecule has 0 bridgehead atoms. The summed E-state index contributed by atoms with van der Waals surface area (Å²) in [5, 5.41) is 6.28. The lowest BCUT2D eigenvalue weighted by molar-refractivity contribution is -0.117. The maximum absolute atomic E-state index is 14.1. The molecular weight excluding hydrogens is 407 g/mol. The second-order valence-electron chi connectivity index (χ2n) is 7.25. The van der Waals surface area contributed by atoms with Gasteiger partial charge in [-0.05, 0) is 35.9 Å². The third-order valence-corrected chi connectivity index (χ3v) is 5.01. The number of amides is 2. The van der Waals surface area contributed by atoms with Gasteiger partial charge in [0.15, 0.2) is 0 Å². The highest BCUT2D eigenvalue weighted by Gasteiger charge is 2.18. The number of hydrogen-bond donors (Lipinski definition) is 2. The normalized spacial score (nSPS) is 11.4. The van der Waals surface area contributed by atoms with Crippen molar-refractivity contribution in [1.82, 2.24) is 20.2 Å². The number of pyridine rings is 1. The van der Waals surface area contributed by atoms with E-state index in [4.69, 9.17) is 0 Å². The van der Waals surface area contributed by atoms with Gasteiger partial charge < -0.3 is 15.2 Å². The van der Waals surface area contributed by atoms with Crippen molar-refractivity contribution in [3.05, 3.63) is 107 Å². The SMILES string of the molecule is Cn1cc(/C=C(\NC(=O)c2ccccc2F)C(=O)NCc2cccnc2)c2ccccc21. The summed E-state index contributed by atoms with van der Waals surface area (Å²) >= 11 is 0. The minimum Gasteiger partial charge on any atom is -0.350 e. The third-order valence-electron chi connectivity index (χ3n) is 5.01. The number of carbonyl (C=O) groups is 2. The van der Waals surface area contributed by atoms with Crippen LogP contribution in [0.1, 0.15) is 21.5 Å². The molecule has 0 aliphatic rings. The van der Waals surface area contributed by atoms with Gasteiger partial charge in [0.2, 0.25) is 0 Å². The van der Waals surface area contributed by atoms with Crippen molar-refractivity contribution in [2.75, 3.05) is 0 Å². The first kappa shape index (κ1) is 21.0. The zero-order chi connectivity index (χ0) is 22.5. The Morgan fingerprint density at radius 3 is 2.62 bits per heavy atom. The molecule has 0 aliphatic heterocycles. The number of carbonyl (C=O) groups excluding carboxylic acids is 2. The largest absolute Gasteiger partial charge is 0.350 e. The van der Waals surface area contributed by atoms with Crippen molar-refractivity contribution in [1.29, 1.82) is 0 Å². The summed E-state index contributed by atoms with van der Waals surface area (Å²) in [6, 6.07) is 17.0. The molecular formula is C25H21FN4O2. The van der Waals surface area contributed by atoms with Crippen molar-refractivity contribution in [2.24, 2.45) is 7.05 Å². The molecule has 2 amide bonds. The van der Waals surface area contributed by atoms with Crippen LogP contribution >= 0.6 is 0 Å². The van der Waals surface area contributed by atoms with Crippen LogP contribution in [0.3, 0.4) is 0 Å². The first-order valence-corrected chi connectivity index (χ1v) is 10.0. The summed E-state index contributed by atoms with van der Waals surface area (Å²) in [4.78, 5) is 29.8. The number of aryl methyl sites for hydroxylation is 1. The number of nitrogens with one attached hydrogen (secondary N) is 2. The highest BCUT2D eigenvalue weighted by molar-refractivity contribution is 6.06. The lowest BCUT2D eigenvalue weighted by Gasteiger charge is -2.11. The Bertz CT molecular complexity index is 1310. The highest BCUT2D eigenvalue weighted by Crippen LogP contribution is 2.22. The molecule has 0 unspecified atom stereocenters. The number of halogens is 1. The number of nitrogens with zero attached hydrogens (tertiary/aromatic N) is 2. The van der Waals surface area contributed by atoms with E-state index in [1.54, 1.807) is 30.6 Å². The minimum atomic E-state index is -0.703. The lowest BCUT2D eigenvalue weighted by Crippen LogP contribution is -2.35. The number of rotatable bonds is 6. The minimum absolute atomic E-state index is 0.0125. The highest BCUT2D eigenvalue weighted by atomic mass is 19.1. The van der Waals surface area contributed by atoms with Crippen LogP contribution in [0.2, 0.25) is 0 Å². The van der Waals surface area contributed by atoms with Gasteiger partial charge >= 0.3 is 0 Å². The van der Waals surface area contributed by atoms with Crippen LogP contribution < -0.4 is 10.6 Å². The molecule has 4 rings (SSSR count). The topological polar surface area (TPSA) is 76.0 Å². The Hall–Kier alpha value is -4.26. The number of fused-ring (bicyclic) bond motifs is 1. The number of hydrogen-bond acceptors (Lipinski definition) is 3. The Kier molecular flexibility index (Phi) is 6.07. The number of aromatic nitrogens is 2. The fourth-order valence-electron chi connectivity index (χ4n) is 3.42. The van der Waals surface area contributed by atoms with Gasteiger partial charge in [-0.15, -0.1) is 0 Å². The van der Waals surface area contributed by atoms with E-state index >= 15 is 0 Å². The predicted octanol–water partition coefficient (Wildman–Crippen LogP) is 3.80. The molecule has 2 N–H and O–H groups in total. The lowest BCUT2D eigenvalue weighted by atomic mass is 10.1. The predicted molar refractivity (Wildman–Crippen MR) is 121 cm³/mol. The van der Waals surface area contributed by atoms with Crippen LogP contribution in [-0.2, 0) is 18.4 Å². The van der Waals surface area contributed by atoms with E-state index in [-0.39, 0.29) is 17.8 Å². The maximum Gasteiger partial charge on any atom is 0.268 e. The Morgan fingerprint density at radius 2 is 1.84 bits per heavy atom. The molecule has 32 heavy (non-hydrogen) atoms. The van der Waals surface area contributed by atoms with Crippen LogP contribution in [0.5, 0.6) is 0 Å². The van der Waals surface area contributed by atoms with Crippen molar-refractivity contribution in [2.45, 2.75) is 6.54 Å². The summed E-state index contributed by atoms with van der Waals surface area (Å²) < 4.78 is 16.0. The molecule has 2 aromatic heterocycles. The summed E-state index contributed by atoms with van der Waals surface area (Å²) in [5.41, 5.74) is 2.42. The molecule has 0 spiro atoms. The molecule has 2 aromatic carbocycles. The second-order valence-corrected chi connectivity index (χ2v) is 7.25. The zero-order valence-electron chi connectivity index (χ0n) is 17.4. The van der Waals surface area contributed by atoms with E-state index in [0.29, 0.717) is 0 Å². The second kappa shape index (κ2) is 9.26. The standard InChI is InChI=1S/C25H21FN4O2/c1-30-16-18(19-8-3-5-11-23(19)30)13-22(25(32)28-15-17-7-6-12-27-14-17)29-24(31)20-9-2-4-10-21(20)26/h2-14,16H,15H2,1H3,(H,28,32)(H,29,31)/b22-13-. The van der Waals surface area contributed by atoms with E-state index in [9.17, 15) is 14.0 Å². The maximum atomic E-state index is 14.1. The molecule has 0 radical (unpaired) electrons. The Balaban J connectivity index is 1.67. The quantitative estimate of drug-likeness (QED) is 0.459. The van der Waals surface area contributed by atoms with Crippen molar-refractivity contribution in [3.63, 3.8) is 0 Å². The van der Waals surface area contributed by atoms with Gasteiger partial charge in [-0.3, -0.25) is 14.6 Å². The fraction of sp³-hybridized carbons (Fsp3) is 0.0800. The van der Waals surface area contributed by atoms with Gasteiger partial charge in [0.1, 0.15) is 11.5 Å². The van der Waals surface area contributed by atoms with Gasteiger partial charge in [-0.2, -0.15) is 0 Å². The molecule has 7 heteroatoms. The van der Waals surface area contributed by atoms with E-state index in [1.807, 2.05) is 48.1 Å². The van der Waals surface area contributed by atoms with Crippen LogP contribution in [-0.4, -0.2) is 21.4 Å². The summed E-state index contributed by atoms with van der Waals surface area (Å²) in [6.45, 7) is 0.231. The van der Waals surface area contributed by atoms with Crippen molar-refractivity contribution < 1.29 is 14.0 Å². The first-order valence-electron chi connectivity index (χ1n) is 10.0. The summed E-state index contributed by atoms with van der Waals surface area (Å²) in [5.74, 6) is -1.86. The van der Waals surface area contributed by atoms with E-state index in [1.165, 1.54) is 18.2 Å². The van der Waals surface area contributed by atoms with Crippen LogP contribution in [0.15, 0.2) is 85.0 Å². The Labute approximate surface area is 184 Å². The third kappa shape index (κ3) is 4.57. The monoisotopic (exact) mass is 428 g/mol. The number of para-hydroxylation sites is 1. The van der Waals surface area contributed by atoms with Crippen LogP contribution in [0.4, 0.5) is 4.39 Å². The van der Waals surface area contributed by atoms with E-state index < -0.39 is 17.6 Å². The van der Waals surface area contributed by atoms with Crippen LogP contribution in [0, 0.1) is 5.82 Å². The molecule has 0 saturated heterocycles. The smallest absolute Gasteiger partial charge is 0.268 e. The van der Waals surface area contributed by atoms with Gasteiger partial charge in [-0.25, -0.2) is 4.39 Å². The number of benzene rings is 2. The zero-order valence-corrected chi connectivity index (χ0v) is 17.4. The molecule has 0 fully saturated rings. The van der Waals surface area contributed by atoms with Crippen LogP contribution in [0.25, 0.3) is 17.0 Å². The molecule has 2 heterocycles. The van der Waals surface area contributed by atoms with Gasteiger partial charge in [0, 0.05) is 48.6 Å². The fourth-order valence-corrected chi connectivity index (χ4v) is 3.42. The average molecular weight is 428 g/mol. The molecule has 160 valence electrons. The van der Waals surface area contributed by atoms with Gasteiger partial charge in [0.25, 0.3) is 11.8 Å².